The first kappa shape index (κ1) is 26.7. The fraction of sp³-hybridized carbons (Fsp3) is 0.458. The van der Waals surface area contributed by atoms with E-state index in [4.69, 9.17) is 0 Å². The molecule has 0 saturated carbocycles. The molecule has 0 spiro atoms. The normalized spacial score (nSPS) is 18.2. The molecule has 4 rings (SSSR count). The van der Waals surface area contributed by atoms with Gasteiger partial charge in [0, 0.05) is 37.8 Å². The minimum absolute atomic E-state index is 0. The van der Waals surface area contributed by atoms with Crippen LogP contribution in [0, 0.1) is 30.3 Å². The zero-order valence-electron chi connectivity index (χ0n) is 20.1. The molecule has 1 atom stereocenters. The number of fused-ring (bicyclic) bond motifs is 1. The van der Waals surface area contributed by atoms with E-state index in [1.54, 1.807) is 0 Å². The molecule has 1 saturated heterocycles. The number of carbonyl (C=O) groups excluding carboxylic acids is 2. The average Bonchev–Trinajstić information content (AvgIpc) is 2.78. The zero-order chi connectivity index (χ0) is 24.7. The molecule has 35 heavy (non-hydrogen) atoms. The Bertz CT molecular complexity index is 1120. The lowest BCUT2D eigenvalue weighted by atomic mass is 9.98. The number of carbonyl (C=O) groups is 2. The summed E-state index contributed by atoms with van der Waals surface area (Å²) in [5.74, 6) is -4.12. The van der Waals surface area contributed by atoms with Crippen molar-refractivity contribution in [1.29, 1.82) is 0 Å². The summed E-state index contributed by atoms with van der Waals surface area (Å²) in [4.78, 5) is 33.2. The van der Waals surface area contributed by atoms with Crippen LogP contribution < -0.4 is 15.5 Å². The first-order valence-corrected chi connectivity index (χ1v) is 11.3. The number of nitrogens with one attached hydrogen (secondary N) is 2. The van der Waals surface area contributed by atoms with Crippen molar-refractivity contribution in [3.8, 4) is 0 Å². The highest BCUT2D eigenvalue weighted by molar-refractivity contribution is 7.59. The van der Waals surface area contributed by atoms with Gasteiger partial charge in [0.2, 0.25) is 5.91 Å². The van der Waals surface area contributed by atoms with Crippen molar-refractivity contribution in [2.45, 2.75) is 45.7 Å². The quantitative estimate of drug-likeness (QED) is 0.609. The van der Waals surface area contributed by atoms with Gasteiger partial charge >= 0.3 is 0 Å². The van der Waals surface area contributed by atoms with Crippen LogP contribution in [0.5, 0.6) is 0 Å². The molecule has 7 nitrogen and oxygen atoms in total. The van der Waals surface area contributed by atoms with Gasteiger partial charge in [-0.2, -0.15) is 13.5 Å². The summed E-state index contributed by atoms with van der Waals surface area (Å²) in [5.41, 5.74) is 2.09. The van der Waals surface area contributed by atoms with Gasteiger partial charge in [0.25, 0.3) is 5.91 Å². The Balaban J connectivity index is 0.00000342. The molecule has 11 heteroatoms. The molecule has 0 aliphatic carbocycles. The Morgan fingerprint density at radius 1 is 1.14 bits per heavy atom. The highest BCUT2D eigenvalue weighted by Gasteiger charge is 2.34. The van der Waals surface area contributed by atoms with Crippen LogP contribution in [0.2, 0.25) is 0 Å². The molecule has 3 heterocycles. The van der Waals surface area contributed by atoms with E-state index >= 15 is 0 Å². The summed E-state index contributed by atoms with van der Waals surface area (Å²) in [6, 6.07) is 3.13. The molecule has 190 valence electrons. The van der Waals surface area contributed by atoms with Gasteiger partial charge in [-0.3, -0.25) is 9.59 Å². The number of nitrogens with zero attached hydrogens (tertiary/aromatic N) is 3. The van der Waals surface area contributed by atoms with Gasteiger partial charge in [0.1, 0.15) is 11.9 Å². The SMILES string of the molecule is Cc1nc(NC2CCN(C(=O)c3cc(F)c(F)c(F)c3)CC2)cc2c1NC(=O)[C@H](C(C)C)N2C.S. The van der Waals surface area contributed by atoms with Crippen molar-refractivity contribution in [3.05, 3.63) is 46.9 Å². The van der Waals surface area contributed by atoms with E-state index in [2.05, 4.69) is 15.6 Å². The molecule has 0 radical (unpaired) electrons. The highest BCUT2D eigenvalue weighted by Crippen LogP contribution is 2.37. The molecular formula is C24H30F3N5O2S. The number of likely N-dealkylation sites (tertiary alicyclic amines) is 1. The van der Waals surface area contributed by atoms with E-state index in [0.29, 0.717) is 43.1 Å². The van der Waals surface area contributed by atoms with Crippen LogP contribution in [0.1, 0.15) is 42.7 Å². The van der Waals surface area contributed by atoms with Gasteiger partial charge in [-0.25, -0.2) is 18.2 Å². The minimum atomic E-state index is -1.59. The Labute approximate surface area is 209 Å². The van der Waals surface area contributed by atoms with Gasteiger partial charge in [-0.05, 0) is 37.8 Å². The smallest absolute Gasteiger partial charge is 0.254 e. The van der Waals surface area contributed by atoms with Crippen molar-refractivity contribution in [2.24, 2.45) is 5.92 Å². The molecule has 1 aromatic carbocycles. The van der Waals surface area contributed by atoms with E-state index in [1.165, 1.54) is 4.90 Å². The average molecular weight is 510 g/mol. The van der Waals surface area contributed by atoms with E-state index in [1.807, 2.05) is 38.8 Å². The highest BCUT2D eigenvalue weighted by atomic mass is 32.1. The number of halogens is 3. The number of amides is 2. The minimum Gasteiger partial charge on any atom is -0.367 e. The summed E-state index contributed by atoms with van der Waals surface area (Å²) in [6.45, 7) is 6.61. The topological polar surface area (TPSA) is 77.6 Å². The van der Waals surface area contributed by atoms with Gasteiger partial charge in [0.15, 0.2) is 17.5 Å². The predicted octanol–water partition coefficient (Wildman–Crippen LogP) is 4.05. The maximum absolute atomic E-state index is 13.5. The Morgan fingerprint density at radius 3 is 2.31 bits per heavy atom. The third-order valence-electron chi connectivity index (χ3n) is 6.49. The van der Waals surface area contributed by atoms with Crippen LogP contribution in [0.15, 0.2) is 18.2 Å². The van der Waals surface area contributed by atoms with Crippen LogP contribution in [0.4, 0.5) is 30.4 Å². The fourth-order valence-electron chi connectivity index (χ4n) is 4.73. The number of benzene rings is 1. The third kappa shape index (κ3) is 5.19. The van der Waals surface area contributed by atoms with Gasteiger partial charge in [-0.15, -0.1) is 0 Å². The second-order valence-corrected chi connectivity index (χ2v) is 9.24. The Morgan fingerprint density at radius 2 is 1.74 bits per heavy atom. The van der Waals surface area contributed by atoms with E-state index in [0.717, 1.165) is 17.8 Å². The number of hydrogen-bond donors (Lipinski definition) is 2. The van der Waals surface area contributed by atoms with Crippen LogP contribution in [-0.2, 0) is 4.79 Å². The molecule has 0 bridgehead atoms. The van der Waals surface area contributed by atoms with Crippen LogP contribution in [0.25, 0.3) is 0 Å². The lowest BCUT2D eigenvalue weighted by Crippen LogP contribution is -2.49. The summed E-state index contributed by atoms with van der Waals surface area (Å²) in [7, 11) is 1.90. The molecular weight excluding hydrogens is 479 g/mol. The Kier molecular flexibility index (Phi) is 7.88. The van der Waals surface area contributed by atoms with Crippen molar-refractivity contribution in [1.82, 2.24) is 9.88 Å². The van der Waals surface area contributed by atoms with Crippen molar-refractivity contribution in [3.63, 3.8) is 0 Å². The lowest BCUT2D eigenvalue weighted by Gasteiger charge is -2.38. The van der Waals surface area contributed by atoms with Crippen LogP contribution >= 0.6 is 13.5 Å². The molecule has 0 unspecified atom stereocenters. The lowest BCUT2D eigenvalue weighted by molar-refractivity contribution is -0.118. The van der Waals surface area contributed by atoms with Crippen LogP contribution in [-0.4, -0.2) is 53.9 Å². The van der Waals surface area contributed by atoms with E-state index < -0.39 is 23.4 Å². The predicted molar refractivity (Wildman–Crippen MR) is 134 cm³/mol. The number of hydrogen-bond acceptors (Lipinski definition) is 5. The van der Waals surface area contributed by atoms with Crippen molar-refractivity contribution < 1.29 is 22.8 Å². The molecule has 1 aromatic heterocycles. The number of likely N-dealkylation sites (N-methyl/N-ethyl adjacent to an activating group) is 1. The molecule has 2 aliphatic rings. The summed E-state index contributed by atoms with van der Waals surface area (Å²) < 4.78 is 40.2. The number of pyridine rings is 1. The number of piperidine rings is 1. The fourth-order valence-corrected chi connectivity index (χ4v) is 4.73. The monoisotopic (exact) mass is 509 g/mol. The van der Waals surface area contributed by atoms with Crippen LogP contribution in [0.3, 0.4) is 0 Å². The standard InChI is InChI=1S/C24H28F3N5O2.H2S/c1-12(2)22-23(33)30-21-13(3)28-19(11-18(21)31(22)4)29-15-5-7-32(8-6-15)24(34)14-9-16(25)20(27)17(26)10-14;/h9-12,15,22H,5-8H2,1-4H3,(H,28,29)(H,30,33);1H2/t22-;/m0./s1. The molecule has 2 aromatic rings. The number of aryl methyl sites for hydroxylation is 1. The Hall–Kier alpha value is -2.95. The number of rotatable bonds is 4. The second-order valence-electron chi connectivity index (χ2n) is 9.24. The van der Waals surface area contributed by atoms with Crippen molar-refractivity contribution >= 4 is 42.5 Å². The second kappa shape index (κ2) is 10.3. The zero-order valence-corrected chi connectivity index (χ0v) is 21.1. The first-order valence-electron chi connectivity index (χ1n) is 11.3. The maximum atomic E-state index is 13.5. The molecule has 2 aliphatic heterocycles. The molecule has 2 N–H and O–H groups in total. The molecule has 1 fully saturated rings. The first-order chi connectivity index (χ1) is 16.1. The van der Waals surface area contributed by atoms with Gasteiger partial charge in [-0.1, -0.05) is 13.8 Å². The van der Waals surface area contributed by atoms with Gasteiger partial charge < -0.3 is 20.4 Å². The van der Waals surface area contributed by atoms with Crippen molar-refractivity contribution in [2.75, 3.05) is 35.7 Å². The van der Waals surface area contributed by atoms with E-state index in [9.17, 15) is 22.8 Å². The third-order valence-corrected chi connectivity index (χ3v) is 6.49. The van der Waals surface area contributed by atoms with E-state index in [-0.39, 0.29) is 43.0 Å². The molecule has 2 amide bonds. The summed E-state index contributed by atoms with van der Waals surface area (Å²) in [5, 5.41) is 6.39. The van der Waals surface area contributed by atoms with Gasteiger partial charge in [0.05, 0.1) is 17.1 Å². The maximum Gasteiger partial charge on any atom is 0.254 e. The largest absolute Gasteiger partial charge is 0.367 e. The summed E-state index contributed by atoms with van der Waals surface area (Å²) in [6.07, 6.45) is 1.22. The summed E-state index contributed by atoms with van der Waals surface area (Å²) >= 11 is 0. The number of aromatic nitrogens is 1. The number of anilines is 3.